The Morgan fingerprint density at radius 1 is 1.35 bits per heavy atom. The van der Waals surface area contributed by atoms with E-state index in [0.717, 1.165) is 23.0 Å². The second-order valence-electron chi connectivity index (χ2n) is 3.85. The zero-order valence-corrected chi connectivity index (χ0v) is 13.8. The van der Waals surface area contributed by atoms with E-state index in [9.17, 15) is 0 Å². The Hall–Kier alpha value is -0.530. The van der Waals surface area contributed by atoms with Crippen molar-refractivity contribution in [1.82, 2.24) is 25.5 Å². The number of hydrogen-bond donors (Lipinski definition) is 1. The van der Waals surface area contributed by atoms with Crippen LogP contribution in [0.4, 0.5) is 0 Å². The molecule has 110 valence electrons. The van der Waals surface area contributed by atoms with Crippen molar-refractivity contribution >= 4 is 35.0 Å². The number of rotatable bonds is 6. The topological polar surface area (TPSA) is 55.6 Å². The van der Waals surface area contributed by atoms with E-state index in [1.54, 1.807) is 22.5 Å². The van der Waals surface area contributed by atoms with Gasteiger partial charge in [-0.05, 0) is 28.1 Å². The van der Waals surface area contributed by atoms with Crippen molar-refractivity contribution in [2.24, 2.45) is 7.05 Å². The third-order valence-electron chi connectivity index (χ3n) is 2.42. The van der Waals surface area contributed by atoms with E-state index in [1.165, 1.54) is 0 Å². The molecule has 2 rings (SSSR count). The number of benzene rings is 1. The van der Waals surface area contributed by atoms with Crippen molar-refractivity contribution in [3.63, 3.8) is 0 Å². The van der Waals surface area contributed by atoms with E-state index in [1.807, 2.05) is 19.2 Å². The van der Waals surface area contributed by atoms with Gasteiger partial charge in [0.05, 0.1) is 0 Å². The second kappa shape index (κ2) is 8.69. The van der Waals surface area contributed by atoms with Gasteiger partial charge in [0.2, 0.25) is 5.16 Å². The molecule has 20 heavy (non-hydrogen) atoms. The summed E-state index contributed by atoms with van der Waals surface area (Å²) in [7, 11) is 1.82. The highest BCUT2D eigenvalue weighted by molar-refractivity contribution is 7.99. The molecule has 0 saturated heterocycles. The zero-order valence-electron chi connectivity index (χ0n) is 10.7. The molecule has 0 aliphatic heterocycles. The molecular weight excluding hydrogens is 341 g/mol. The fraction of sp³-hybridized carbons (Fsp3) is 0.364. The Morgan fingerprint density at radius 3 is 2.80 bits per heavy atom. The van der Waals surface area contributed by atoms with Crippen molar-refractivity contribution in [3.8, 4) is 0 Å². The normalized spacial score (nSPS) is 10.3. The molecule has 1 aromatic carbocycles. The average Bonchev–Trinajstić information content (AvgIpc) is 2.77. The Labute approximate surface area is 137 Å². The first-order valence-electron chi connectivity index (χ1n) is 5.66. The molecule has 1 N–H and O–H groups in total. The lowest BCUT2D eigenvalue weighted by molar-refractivity contribution is -0.00000393. The zero-order chi connectivity index (χ0) is 13.7. The lowest BCUT2D eigenvalue weighted by Gasteiger charge is -2.06. The maximum absolute atomic E-state index is 6.08. The predicted molar refractivity (Wildman–Crippen MR) is 77.7 cm³/mol. The Balaban J connectivity index is 0.00000200. The summed E-state index contributed by atoms with van der Waals surface area (Å²) in [6, 6.07) is 5.52. The highest BCUT2D eigenvalue weighted by Crippen LogP contribution is 2.20. The first-order valence-corrected chi connectivity index (χ1v) is 7.41. The lowest BCUT2D eigenvalue weighted by Crippen LogP contribution is -3.00. The maximum Gasteiger partial charge on any atom is 0.209 e. The Morgan fingerprint density at radius 2 is 2.15 bits per heavy atom. The van der Waals surface area contributed by atoms with E-state index in [0.29, 0.717) is 16.6 Å². The Bertz CT molecular complexity index is 549. The molecule has 1 heterocycles. The highest BCUT2D eigenvalue weighted by Gasteiger charge is 2.03. The monoisotopic (exact) mass is 352 g/mol. The van der Waals surface area contributed by atoms with Crippen molar-refractivity contribution in [2.45, 2.75) is 11.7 Å². The van der Waals surface area contributed by atoms with E-state index in [2.05, 4.69) is 20.8 Å². The molecule has 2 aromatic rings. The summed E-state index contributed by atoms with van der Waals surface area (Å²) in [6.07, 6.45) is 0. The van der Waals surface area contributed by atoms with Gasteiger partial charge in [0.1, 0.15) is 0 Å². The van der Waals surface area contributed by atoms with Crippen molar-refractivity contribution in [2.75, 3.05) is 12.3 Å². The minimum absolute atomic E-state index is 0. The highest BCUT2D eigenvalue weighted by atomic mass is 35.5. The molecule has 0 unspecified atom stereocenters. The van der Waals surface area contributed by atoms with Gasteiger partial charge < -0.3 is 17.7 Å². The first-order chi connectivity index (χ1) is 9.16. The molecule has 0 saturated carbocycles. The number of nitrogens with one attached hydrogen (secondary N) is 1. The molecule has 0 fully saturated rings. The van der Waals surface area contributed by atoms with Gasteiger partial charge in [0, 0.05) is 35.9 Å². The Kier molecular flexibility index (Phi) is 7.61. The largest absolute Gasteiger partial charge is 1.00 e. The molecule has 0 bridgehead atoms. The van der Waals surface area contributed by atoms with Gasteiger partial charge in [-0.15, -0.1) is 5.10 Å². The van der Waals surface area contributed by atoms with Gasteiger partial charge >= 0.3 is 0 Å². The minimum atomic E-state index is 0. The molecule has 1 aromatic heterocycles. The van der Waals surface area contributed by atoms with Crippen LogP contribution in [0.25, 0.3) is 0 Å². The lowest BCUT2D eigenvalue weighted by atomic mass is 10.2. The smallest absolute Gasteiger partial charge is 0.209 e. The van der Waals surface area contributed by atoms with Gasteiger partial charge in [0.25, 0.3) is 0 Å². The summed E-state index contributed by atoms with van der Waals surface area (Å²) in [5.41, 5.74) is 1.04. The number of halogens is 3. The van der Waals surface area contributed by atoms with Crippen LogP contribution < -0.4 is 17.7 Å². The molecule has 5 nitrogen and oxygen atoms in total. The van der Waals surface area contributed by atoms with Crippen LogP contribution in [0, 0.1) is 0 Å². The quantitative estimate of drug-likeness (QED) is 0.555. The summed E-state index contributed by atoms with van der Waals surface area (Å²) in [5.74, 6) is 0.888. The maximum atomic E-state index is 6.08. The minimum Gasteiger partial charge on any atom is -1.00 e. The van der Waals surface area contributed by atoms with Crippen LogP contribution in [0.5, 0.6) is 0 Å². The molecule has 9 heteroatoms. The summed E-state index contributed by atoms with van der Waals surface area (Å²) in [4.78, 5) is 0. The molecule has 0 aliphatic carbocycles. The number of aryl methyl sites for hydroxylation is 1. The summed E-state index contributed by atoms with van der Waals surface area (Å²) in [5, 5.41) is 16.7. The number of tetrazole rings is 1. The fourth-order valence-corrected chi connectivity index (χ4v) is 2.67. The molecule has 0 atom stereocenters. The van der Waals surface area contributed by atoms with E-state index in [-0.39, 0.29) is 12.4 Å². The van der Waals surface area contributed by atoms with Crippen LogP contribution in [0.1, 0.15) is 5.56 Å². The number of thioether (sulfide) groups is 1. The van der Waals surface area contributed by atoms with E-state index >= 15 is 0 Å². The van der Waals surface area contributed by atoms with Gasteiger partial charge in [-0.3, -0.25) is 0 Å². The van der Waals surface area contributed by atoms with Crippen molar-refractivity contribution < 1.29 is 12.4 Å². The average molecular weight is 354 g/mol. The SMILES string of the molecule is Cn1nnnc1SCCNCc1ccc(Cl)cc1Cl.[Cl-]. The summed E-state index contributed by atoms with van der Waals surface area (Å²) < 4.78 is 1.65. The van der Waals surface area contributed by atoms with E-state index < -0.39 is 0 Å². The number of hydrogen-bond acceptors (Lipinski definition) is 5. The molecule has 0 radical (unpaired) electrons. The van der Waals surface area contributed by atoms with Gasteiger partial charge in [-0.25, -0.2) is 4.68 Å². The van der Waals surface area contributed by atoms with Gasteiger partial charge in [-0.1, -0.05) is 41.0 Å². The van der Waals surface area contributed by atoms with Crippen LogP contribution >= 0.6 is 35.0 Å². The van der Waals surface area contributed by atoms with Gasteiger partial charge in [0.15, 0.2) is 0 Å². The van der Waals surface area contributed by atoms with Gasteiger partial charge in [-0.2, -0.15) is 0 Å². The van der Waals surface area contributed by atoms with Crippen LogP contribution in [-0.4, -0.2) is 32.5 Å². The third-order valence-corrected chi connectivity index (χ3v) is 4.02. The predicted octanol–water partition coefficient (Wildman–Crippen LogP) is -0.597. The first kappa shape index (κ1) is 17.5. The van der Waals surface area contributed by atoms with Crippen LogP contribution in [0.15, 0.2) is 23.4 Å². The summed E-state index contributed by atoms with van der Waals surface area (Å²) in [6.45, 7) is 1.56. The summed E-state index contributed by atoms with van der Waals surface area (Å²) >= 11 is 13.5. The molecular formula is C11H13Cl3N5S-. The molecule has 0 aliphatic rings. The molecule has 0 spiro atoms. The van der Waals surface area contributed by atoms with Crippen molar-refractivity contribution in [1.29, 1.82) is 0 Å². The van der Waals surface area contributed by atoms with Crippen LogP contribution in [0.2, 0.25) is 10.0 Å². The number of aromatic nitrogens is 4. The number of nitrogens with zero attached hydrogens (tertiary/aromatic N) is 4. The van der Waals surface area contributed by atoms with Crippen LogP contribution in [-0.2, 0) is 13.6 Å². The van der Waals surface area contributed by atoms with E-state index in [4.69, 9.17) is 23.2 Å². The fourth-order valence-electron chi connectivity index (χ4n) is 1.45. The van der Waals surface area contributed by atoms with Crippen molar-refractivity contribution in [3.05, 3.63) is 33.8 Å². The molecule has 0 amide bonds. The standard InChI is InChI=1S/C11H13Cl2N5S.ClH/c1-18-11(15-16-17-18)19-5-4-14-7-8-2-3-9(12)6-10(8)13;/h2-3,6,14H,4-5,7H2,1H3;1H/p-1. The third kappa shape index (κ3) is 5.10. The van der Waals surface area contributed by atoms with Crippen LogP contribution in [0.3, 0.4) is 0 Å². The second-order valence-corrected chi connectivity index (χ2v) is 5.75.